The van der Waals surface area contributed by atoms with Crippen LogP contribution >= 0.6 is 11.6 Å². The van der Waals surface area contributed by atoms with Gasteiger partial charge in [0.15, 0.2) is 0 Å². The van der Waals surface area contributed by atoms with Crippen molar-refractivity contribution in [2.24, 2.45) is 5.92 Å². The lowest BCUT2D eigenvalue weighted by molar-refractivity contribution is 0.335. The molecule has 3 heteroatoms. The molecule has 1 unspecified atom stereocenters. The minimum absolute atomic E-state index is 0.0425. The van der Waals surface area contributed by atoms with Crippen LogP contribution in [-0.4, -0.2) is 6.54 Å². The molecular weight excluding hydrogens is 225 g/mol. The van der Waals surface area contributed by atoms with E-state index < -0.39 is 0 Å². The zero-order valence-electron chi connectivity index (χ0n) is 9.10. The van der Waals surface area contributed by atoms with E-state index in [1.54, 1.807) is 12.1 Å². The molecule has 16 heavy (non-hydrogen) atoms. The highest BCUT2D eigenvalue weighted by atomic mass is 35.5. The summed E-state index contributed by atoms with van der Waals surface area (Å²) in [5.74, 6) is 0.461. The Morgan fingerprint density at radius 1 is 1.38 bits per heavy atom. The van der Waals surface area contributed by atoms with Crippen LogP contribution in [0.2, 0.25) is 5.02 Å². The fourth-order valence-corrected chi connectivity index (χ4v) is 3.27. The lowest BCUT2D eigenvalue weighted by Crippen LogP contribution is -2.39. The molecule has 1 atom stereocenters. The molecule has 0 radical (unpaired) electrons. The molecule has 86 valence electrons. The number of hydrogen-bond donors (Lipinski definition) is 1. The molecule has 2 aliphatic rings. The lowest BCUT2D eigenvalue weighted by Gasteiger charge is -2.31. The second-order valence-electron chi connectivity index (χ2n) is 4.90. The minimum Gasteiger partial charge on any atom is -0.307 e. The number of rotatable bonds is 2. The van der Waals surface area contributed by atoms with E-state index in [0.29, 0.717) is 10.9 Å². The van der Waals surface area contributed by atoms with E-state index in [-0.39, 0.29) is 11.4 Å². The normalized spacial score (nSPS) is 29.6. The van der Waals surface area contributed by atoms with Crippen LogP contribution in [0.5, 0.6) is 0 Å². The molecule has 1 N–H and O–H groups in total. The van der Waals surface area contributed by atoms with Crippen LogP contribution in [0.25, 0.3) is 0 Å². The molecule has 1 aromatic carbocycles. The van der Waals surface area contributed by atoms with Gasteiger partial charge in [-0.05, 0) is 61.9 Å². The van der Waals surface area contributed by atoms with Crippen LogP contribution in [0.15, 0.2) is 18.2 Å². The molecule has 0 spiro atoms. The van der Waals surface area contributed by atoms with Crippen LogP contribution in [0.1, 0.15) is 31.2 Å². The molecular formula is C13H15ClFN. The minimum atomic E-state index is -0.187. The van der Waals surface area contributed by atoms with Crippen molar-refractivity contribution in [3.63, 3.8) is 0 Å². The Kier molecular flexibility index (Phi) is 2.45. The number of halogens is 2. The first-order valence-corrected chi connectivity index (χ1v) is 6.31. The van der Waals surface area contributed by atoms with Crippen molar-refractivity contribution in [2.45, 2.75) is 31.2 Å². The van der Waals surface area contributed by atoms with Gasteiger partial charge in [0.2, 0.25) is 0 Å². The van der Waals surface area contributed by atoms with E-state index >= 15 is 0 Å². The summed E-state index contributed by atoms with van der Waals surface area (Å²) < 4.78 is 13.4. The first kappa shape index (κ1) is 10.5. The first-order valence-electron chi connectivity index (χ1n) is 5.93. The predicted molar refractivity (Wildman–Crippen MR) is 63.0 cm³/mol. The van der Waals surface area contributed by atoms with Crippen molar-refractivity contribution < 1.29 is 4.39 Å². The molecule has 1 saturated heterocycles. The van der Waals surface area contributed by atoms with Crippen LogP contribution in [0.3, 0.4) is 0 Å². The quantitative estimate of drug-likeness (QED) is 0.834. The van der Waals surface area contributed by atoms with Gasteiger partial charge in [0.05, 0.1) is 0 Å². The topological polar surface area (TPSA) is 12.0 Å². The Morgan fingerprint density at radius 3 is 2.81 bits per heavy atom. The molecule has 1 heterocycles. The Hall–Kier alpha value is -0.600. The van der Waals surface area contributed by atoms with E-state index in [2.05, 4.69) is 5.32 Å². The van der Waals surface area contributed by atoms with Gasteiger partial charge in [-0.15, -0.1) is 0 Å². The molecule has 1 aliphatic heterocycles. The standard InChI is InChI=1S/C13H15ClFN/c14-12-5-4-10(15)8-11(12)13(9-2-3-9)6-1-7-16-13/h4-5,8-9,16H,1-3,6-7H2. The van der Waals surface area contributed by atoms with Crippen molar-refractivity contribution in [3.8, 4) is 0 Å². The Bertz CT molecular complexity index is 408. The summed E-state index contributed by atoms with van der Waals surface area (Å²) in [4.78, 5) is 0. The Balaban J connectivity index is 2.08. The highest BCUT2D eigenvalue weighted by molar-refractivity contribution is 6.31. The largest absolute Gasteiger partial charge is 0.307 e. The Labute approximate surface area is 100.0 Å². The fourth-order valence-electron chi connectivity index (χ4n) is 2.98. The lowest BCUT2D eigenvalue weighted by atomic mass is 9.83. The fraction of sp³-hybridized carbons (Fsp3) is 0.538. The van der Waals surface area contributed by atoms with Gasteiger partial charge in [-0.1, -0.05) is 11.6 Å². The Morgan fingerprint density at radius 2 is 2.19 bits per heavy atom. The average molecular weight is 240 g/mol. The third-order valence-corrected chi connectivity index (χ3v) is 4.20. The maximum Gasteiger partial charge on any atom is 0.123 e. The van der Waals surface area contributed by atoms with E-state index in [1.165, 1.54) is 18.9 Å². The summed E-state index contributed by atoms with van der Waals surface area (Å²) in [5, 5.41) is 4.26. The number of nitrogens with one attached hydrogen (secondary N) is 1. The molecule has 1 aromatic rings. The van der Waals surface area contributed by atoms with Gasteiger partial charge in [-0.25, -0.2) is 4.39 Å². The van der Waals surface area contributed by atoms with E-state index in [4.69, 9.17) is 11.6 Å². The first-order chi connectivity index (χ1) is 7.72. The van der Waals surface area contributed by atoms with E-state index in [1.807, 2.05) is 0 Å². The molecule has 0 aromatic heterocycles. The molecule has 1 aliphatic carbocycles. The SMILES string of the molecule is Fc1ccc(Cl)c(C2(C3CC3)CCCN2)c1. The van der Waals surface area contributed by atoms with Crippen molar-refractivity contribution in [3.05, 3.63) is 34.6 Å². The van der Waals surface area contributed by atoms with Gasteiger partial charge >= 0.3 is 0 Å². The van der Waals surface area contributed by atoms with Gasteiger partial charge in [-0.3, -0.25) is 0 Å². The molecule has 0 amide bonds. The third-order valence-electron chi connectivity index (χ3n) is 3.87. The van der Waals surface area contributed by atoms with Crippen molar-refractivity contribution in [1.29, 1.82) is 0 Å². The monoisotopic (exact) mass is 239 g/mol. The average Bonchev–Trinajstić information content (AvgIpc) is 3.02. The second-order valence-corrected chi connectivity index (χ2v) is 5.31. The summed E-state index contributed by atoms with van der Waals surface area (Å²) >= 11 is 6.23. The van der Waals surface area contributed by atoms with Gasteiger partial charge in [0.25, 0.3) is 0 Å². The summed E-state index contributed by atoms with van der Waals surface area (Å²) in [6.07, 6.45) is 4.71. The zero-order valence-corrected chi connectivity index (χ0v) is 9.86. The second kappa shape index (κ2) is 3.71. The van der Waals surface area contributed by atoms with Crippen molar-refractivity contribution in [2.75, 3.05) is 6.54 Å². The maximum atomic E-state index is 13.4. The molecule has 2 fully saturated rings. The number of benzene rings is 1. The van der Waals surface area contributed by atoms with Gasteiger partial charge in [0.1, 0.15) is 5.82 Å². The van der Waals surface area contributed by atoms with Gasteiger partial charge in [-0.2, -0.15) is 0 Å². The molecule has 3 rings (SSSR count). The molecule has 0 bridgehead atoms. The highest BCUT2D eigenvalue weighted by Gasteiger charge is 2.48. The summed E-state index contributed by atoms with van der Waals surface area (Å²) in [7, 11) is 0. The van der Waals surface area contributed by atoms with Crippen molar-refractivity contribution >= 4 is 11.6 Å². The van der Waals surface area contributed by atoms with Crippen LogP contribution in [0.4, 0.5) is 4.39 Å². The van der Waals surface area contributed by atoms with Crippen LogP contribution in [-0.2, 0) is 5.54 Å². The van der Waals surface area contributed by atoms with E-state index in [9.17, 15) is 4.39 Å². The summed E-state index contributed by atoms with van der Waals surface area (Å²) in [6, 6.07) is 4.72. The zero-order chi connectivity index (χ0) is 11.2. The molecule has 1 saturated carbocycles. The maximum absolute atomic E-state index is 13.4. The van der Waals surface area contributed by atoms with Crippen LogP contribution in [0, 0.1) is 11.7 Å². The van der Waals surface area contributed by atoms with Crippen molar-refractivity contribution in [1.82, 2.24) is 5.32 Å². The molecule has 1 nitrogen and oxygen atoms in total. The third kappa shape index (κ3) is 1.56. The van der Waals surface area contributed by atoms with E-state index in [0.717, 1.165) is 24.9 Å². The highest BCUT2D eigenvalue weighted by Crippen LogP contribution is 2.51. The summed E-state index contributed by atoms with van der Waals surface area (Å²) in [5.41, 5.74) is 0.924. The smallest absolute Gasteiger partial charge is 0.123 e. The predicted octanol–water partition coefficient (Wildman–Crippen LogP) is 3.47. The number of hydrogen-bond acceptors (Lipinski definition) is 1. The van der Waals surface area contributed by atoms with Gasteiger partial charge in [0, 0.05) is 10.6 Å². The van der Waals surface area contributed by atoms with Crippen LogP contribution < -0.4 is 5.32 Å². The van der Waals surface area contributed by atoms with Gasteiger partial charge < -0.3 is 5.32 Å². The summed E-state index contributed by atoms with van der Waals surface area (Å²) in [6.45, 7) is 1.02.